The summed E-state index contributed by atoms with van der Waals surface area (Å²) in [6, 6.07) is 15.9. The lowest BCUT2D eigenvalue weighted by atomic mass is 9.92. The first-order valence-corrected chi connectivity index (χ1v) is 11.4. The van der Waals surface area contributed by atoms with E-state index in [1.807, 2.05) is 0 Å². The maximum Gasteiger partial charge on any atom is 0.124 e. The molecule has 1 N–H and O–H groups in total. The van der Waals surface area contributed by atoms with Crippen LogP contribution in [0.25, 0.3) is 0 Å². The van der Waals surface area contributed by atoms with Crippen LogP contribution in [0, 0.1) is 6.92 Å². The SMILES string of the molecule is COCC(C)NC1CCC(Oc2ccc3c(c2)CCC(c2ccccc2C)O3)CC1. The van der Waals surface area contributed by atoms with E-state index < -0.39 is 0 Å². The number of hydrogen-bond donors (Lipinski definition) is 1. The summed E-state index contributed by atoms with van der Waals surface area (Å²) in [5.41, 5.74) is 3.86. The Kier molecular flexibility index (Phi) is 6.96. The van der Waals surface area contributed by atoms with E-state index in [0.717, 1.165) is 56.6 Å². The Labute approximate surface area is 180 Å². The average Bonchev–Trinajstić information content (AvgIpc) is 2.75. The Morgan fingerprint density at radius 1 is 1.07 bits per heavy atom. The number of fused-ring (bicyclic) bond motifs is 1. The van der Waals surface area contributed by atoms with E-state index in [9.17, 15) is 0 Å². The zero-order chi connectivity index (χ0) is 20.9. The van der Waals surface area contributed by atoms with Gasteiger partial charge >= 0.3 is 0 Å². The molecule has 4 rings (SSSR count). The van der Waals surface area contributed by atoms with E-state index in [1.165, 1.54) is 16.7 Å². The minimum Gasteiger partial charge on any atom is -0.490 e. The van der Waals surface area contributed by atoms with Crippen LogP contribution >= 0.6 is 0 Å². The zero-order valence-electron chi connectivity index (χ0n) is 18.5. The number of rotatable bonds is 7. The quantitative estimate of drug-likeness (QED) is 0.667. The third kappa shape index (κ3) is 5.16. The summed E-state index contributed by atoms with van der Waals surface area (Å²) in [7, 11) is 1.76. The molecule has 1 aliphatic heterocycles. The highest BCUT2D eigenvalue weighted by Gasteiger charge is 2.25. The molecule has 1 fully saturated rings. The maximum absolute atomic E-state index is 6.34. The maximum atomic E-state index is 6.34. The van der Waals surface area contributed by atoms with E-state index in [2.05, 4.69) is 61.6 Å². The Morgan fingerprint density at radius 3 is 2.63 bits per heavy atom. The molecule has 0 spiro atoms. The molecule has 0 radical (unpaired) electrons. The first-order valence-electron chi connectivity index (χ1n) is 11.4. The zero-order valence-corrected chi connectivity index (χ0v) is 18.5. The lowest BCUT2D eigenvalue weighted by Crippen LogP contribution is -2.42. The lowest BCUT2D eigenvalue weighted by molar-refractivity contribution is 0.124. The summed E-state index contributed by atoms with van der Waals surface area (Å²) >= 11 is 0. The van der Waals surface area contributed by atoms with Crippen LogP contribution in [-0.2, 0) is 11.2 Å². The van der Waals surface area contributed by atoms with Crippen LogP contribution in [-0.4, -0.2) is 31.9 Å². The third-order valence-corrected chi connectivity index (χ3v) is 6.43. The molecule has 2 atom stereocenters. The van der Waals surface area contributed by atoms with E-state index in [0.29, 0.717) is 18.2 Å². The van der Waals surface area contributed by atoms with Gasteiger partial charge in [0.05, 0.1) is 12.7 Å². The number of benzene rings is 2. The summed E-state index contributed by atoms with van der Waals surface area (Å²) in [4.78, 5) is 0. The van der Waals surface area contributed by atoms with Crippen LogP contribution in [0.15, 0.2) is 42.5 Å². The molecule has 4 nitrogen and oxygen atoms in total. The number of aryl methyl sites for hydroxylation is 2. The standard InChI is InChI=1S/C26H35NO3/c1-18-6-4-5-7-24(18)26-14-8-20-16-23(13-15-25(20)30-26)29-22-11-9-21(10-12-22)27-19(2)17-28-3/h4-7,13,15-16,19,21-22,26-27H,8-12,14,17H2,1-3H3. The van der Waals surface area contributed by atoms with E-state index in [1.54, 1.807) is 7.11 Å². The molecule has 2 aliphatic rings. The molecule has 1 aliphatic carbocycles. The van der Waals surface area contributed by atoms with Crippen molar-refractivity contribution in [1.82, 2.24) is 5.32 Å². The first kappa shape index (κ1) is 21.2. The molecular formula is C26H35NO3. The summed E-state index contributed by atoms with van der Waals surface area (Å²) in [5.74, 6) is 1.98. The topological polar surface area (TPSA) is 39.7 Å². The van der Waals surface area contributed by atoms with Gasteiger partial charge in [0.15, 0.2) is 0 Å². The van der Waals surface area contributed by atoms with E-state index in [4.69, 9.17) is 14.2 Å². The van der Waals surface area contributed by atoms with Crippen LogP contribution < -0.4 is 14.8 Å². The molecule has 0 saturated heterocycles. The minimum atomic E-state index is 0.147. The van der Waals surface area contributed by atoms with Gasteiger partial charge < -0.3 is 19.5 Å². The molecule has 0 amide bonds. The number of nitrogens with one attached hydrogen (secondary N) is 1. The molecule has 0 aromatic heterocycles. The van der Waals surface area contributed by atoms with Gasteiger partial charge in [0.2, 0.25) is 0 Å². The van der Waals surface area contributed by atoms with Crippen molar-refractivity contribution in [3.8, 4) is 11.5 Å². The fourth-order valence-corrected chi connectivity index (χ4v) is 4.85. The fourth-order valence-electron chi connectivity index (χ4n) is 4.85. The smallest absolute Gasteiger partial charge is 0.124 e. The highest BCUT2D eigenvalue weighted by Crippen LogP contribution is 2.38. The van der Waals surface area contributed by atoms with Gasteiger partial charge in [-0.05, 0) is 87.3 Å². The Morgan fingerprint density at radius 2 is 1.87 bits per heavy atom. The van der Waals surface area contributed by atoms with Crippen molar-refractivity contribution in [2.45, 2.75) is 76.7 Å². The largest absolute Gasteiger partial charge is 0.490 e. The van der Waals surface area contributed by atoms with Crippen molar-refractivity contribution in [3.05, 3.63) is 59.2 Å². The monoisotopic (exact) mass is 409 g/mol. The predicted molar refractivity (Wildman–Crippen MR) is 120 cm³/mol. The molecule has 30 heavy (non-hydrogen) atoms. The third-order valence-electron chi connectivity index (χ3n) is 6.43. The number of methoxy groups -OCH3 is 1. The second-order valence-electron chi connectivity index (χ2n) is 8.89. The van der Waals surface area contributed by atoms with Gasteiger partial charge in [-0.15, -0.1) is 0 Å². The van der Waals surface area contributed by atoms with Crippen LogP contribution in [0.5, 0.6) is 11.5 Å². The molecule has 2 aromatic rings. The van der Waals surface area contributed by atoms with Crippen molar-refractivity contribution < 1.29 is 14.2 Å². The lowest BCUT2D eigenvalue weighted by Gasteiger charge is -2.32. The molecule has 1 saturated carbocycles. The molecule has 2 aromatic carbocycles. The predicted octanol–water partition coefficient (Wildman–Crippen LogP) is 5.38. The fraction of sp³-hybridized carbons (Fsp3) is 0.538. The molecule has 162 valence electrons. The van der Waals surface area contributed by atoms with Gasteiger partial charge in [-0.3, -0.25) is 0 Å². The second-order valence-corrected chi connectivity index (χ2v) is 8.89. The van der Waals surface area contributed by atoms with Crippen molar-refractivity contribution in [2.24, 2.45) is 0 Å². The summed E-state index contributed by atoms with van der Waals surface area (Å²) in [5, 5.41) is 3.67. The number of hydrogen-bond acceptors (Lipinski definition) is 4. The van der Waals surface area contributed by atoms with Crippen molar-refractivity contribution in [3.63, 3.8) is 0 Å². The summed E-state index contributed by atoms with van der Waals surface area (Å²) < 4.78 is 17.9. The van der Waals surface area contributed by atoms with Crippen LogP contribution in [0.1, 0.15) is 61.8 Å². The molecule has 2 unspecified atom stereocenters. The first-order chi connectivity index (χ1) is 14.6. The van der Waals surface area contributed by atoms with Gasteiger partial charge in [0, 0.05) is 19.2 Å². The second kappa shape index (κ2) is 9.84. The van der Waals surface area contributed by atoms with Crippen molar-refractivity contribution in [1.29, 1.82) is 0 Å². The van der Waals surface area contributed by atoms with Crippen LogP contribution in [0.4, 0.5) is 0 Å². The summed E-state index contributed by atoms with van der Waals surface area (Å²) in [6.45, 7) is 5.11. The Balaban J connectivity index is 1.31. The van der Waals surface area contributed by atoms with Crippen LogP contribution in [0.3, 0.4) is 0 Å². The average molecular weight is 410 g/mol. The normalized spacial score (nSPS) is 24.6. The molecule has 1 heterocycles. The highest BCUT2D eigenvalue weighted by atomic mass is 16.5. The van der Waals surface area contributed by atoms with Crippen LogP contribution in [0.2, 0.25) is 0 Å². The molecule has 0 bridgehead atoms. The van der Waals surface area contributed by atoms with Gasteiger partial charge in [-0.25, -0.2) is 0 Å². The van der Waals surface area contributed by atoms with Gasteiger partial charge in [-0.2, -0.15) is 0 Å². The number of ether oxygens (including phenoxy) is 3. The van der Waals surface area contributed by atoms with Gasteiger partial charge in [0.1, 0.15) is 17.6 Å². The Hall–Kier alpha value is -2.04. The molecular weight excluding hydrogens is 374 g/mol. The summed E-state index contributed by atoms with van der Waals surface area (Å²) in [6.07, 6.45) is 7.00. The van der Waals surface area contributed by atoms with Crippen molar-refractivity contribution >= 4 is 0 Å². The van der Waals surface area contributed by atoms with E-state index in [-0.39, 0.29) is 6.10 Å². The minimum absolute atomic E-state index is 0.147. The van der Waals surface area contributed by atoms with Gasteiger partial charge in [-0.1, -0.05) is 24.3 Å². The van der Waals surface area contributed by atoms with E-state index >= 15 is 0 Å². The van der Waals surface area contributed by atoms with Crippen molar-refractivity contribution in [2.75, 3.05) is 13.7 Å². The van der Waals surface area contributed by atoms with Gasteiger partial charge in [0.25, 0.3) is 0 Å². The Bertz CT molecular complexity index is 829. The highest BCUT2D eigenvalue weighted by molar-refractivity contribution is 5.43. The molecule has 4 heteroatoms.